The Hall–Kier alpha value is -2.27. The fourth-order valence-electron chi connectivity index (χ4n) is 13.4. The van der Waals surface area contributed by atoms with Crippen LogP contribution >= 0.6 is 0 Å². The molecule has 0 saturated carbocycles. The zero-order chi connectivity index (χ0) is 68.9. The van der Waals surface area contributed by atoms with Crippen LogP contribution in [-0.2, 0) is 42.8 Å². The third kappa shape index (κ3) is 33.3. The van der Waals surface area contributed by atoms with Gasteiger partial charge < -0.3 is 100 Å². The smallest absolute Gasteiger partial charge is 0.364 e. The molecule has 23 heteroatoms. The number of unbranched alkanes of at least 4 members (excludes halogenated alkanes) is 38. The number of nitrogens with one attached hydrogen (secondary N) is 2. The quantitative estimate of drug-likeness (QED) is 0.0256. The highest BCUT2D eigenvalue weighted by atomic mass is 16.8. The molecule has 3 heterocycles. The van der Waals surface area contributed by atoms with Crippen molar-refractivity contribution < 1.29 is 104 Å². The highest BCUT2D eigenvalue weighted by molar-refractivity contribution is 5.77. The van der Waals surface area contributed by atoms with Crippen LogP contribution in [0.3, 0.4) is 0 Å². The third-order valence-electron chi connectivity index (χ3n) is 19.3. The highest BCUT2D eigenvalue weighted by Gasteiger charge is 2.60. The van der Waals surface area contributed by atoms with Gasteiger partial charge in [-0.3, -0.25) is 9.59 Å². The number of aliphatic hydroxyl groups excluding tert-OH is 11. The normalized spacial score (nSPS) is 27.8. The number of hydrogen-bond donors (Lipinski definition) is 14. The van der Waals surface area contributed by atoms with Crippen molar-refractivity contribution in [1.29, 1.82) is 0 Å². The molecule has 3 fully saturated rings. The van der Waals surface area contributed by atoms with Crippen LogP contribution in [0.5, 0.6) is 0 Å². The second-order valence-electron chi connectivity index (χ2n) is 27.5. The Morgan fingerprint density at radius 1 is 0.511 bits per heavy atom. The number of amides is 2. The lowest BCUT2D eigenvalue weighted by Gasteiger charge is -2.50. The van der Waals surface area contributed by atoms with Crippen LogP contribution in [0.15, 0.2) is 0 Å². The Labute approximate surface area is 563 Å². The molecular formula is C71H134N2O21. The number of carboxylic acid groups (broad SMARTS) is 1. The van der Waals surface area contributed by atoms with Gasteiger partial charge >= 0.3 is 5.97 Å². The van der Waals surface area contributed by atoms with Gasteiger partial charge in [-0.25, -0.2) is 4.79 Å². The predicted molar refractivity (Wildman–Crippen MR) is 357 cm³/mol. The van der Waals surface area contributed by atoms with E-state index in [2.05, 4.69) is 24.5 Å². The number of carbonyl (C=O) groups excluding carboxylic acids is 2. The summed E-state index contributed by atoms with van der Waals surface area (Å²) in [6.07, 6.45) is 21.0. The molecule has 0 radical (unpaired) electrons. The molecule has 3 rings (SSSR count). The number of aliphatic carboxylic acids is 1. The summed E-state index contributed by atoms with van der Waals surface area (Å²) < 4.78 is 34.9. The van der Waals surface area contributed by atoms with Crippen molar-refractivity contribution >= 4 is 17.8 Å². The second-order valence-corrected chi connectivity index (χ2v) is 27.5. The molecule has 94 heavy (non-hydrogen) atoms. The molecule has 18 unspecified atom stereocenters. The molecular weight excluding hydrogens is 1220 g/mol. The van der Waals surface area contributed by atoms with E-state index in [4.69, 9.17) is 28.4 Å². The van der Waals surface area contributed by atoms with E-state index < -0.39 is 148 Å². The molecule has 3 saturated heterocycles. The minimum atomic E-state index is -3.08. The minimum Gasteiger partial charge on any atom is -0.477 e. The fraction of sp³-hybridized carbons (Fsp3) is 0.958. The number of hydrogen-bond acceptors (Lipinski definition) is 20. The fourth-order valence-corrected chi connectivity index (χ4v) is 13.4. The maximum Gasteiger partial charge on any atom is 0.364 e. The highest BCUT2D eigenvalue weighted by Crippen LogP contribution is 2.39. The van der Waals surface area contributed by atoms with Crippen LogP contribution < -0.4 is 10.6 Å². The topological polar surface area (TPSA) is 373 Å². The van der Waals surface area contributed by atoms with E-state index >= 15 is 0 Å². The van der Waals surface area contributed by atoms with Crippen LogP contribution in [0, 0.1) is 0 Å². The predicted octanol–water partition coefficient (Wildman–Crippen LogP) is 8.07. The number of carboxylic acids is 1. The van der Waals surface area contributed by atoms with Crippen molar-refractivity contribution in [1.82, 2.24) is 10.6 Å². The van der Waals surface area contributed by atoms with Crippen molar-refractivity contribution in [2.45, 2.75) is 407 Å². The molecule has 0 aromatic heterocycles. The Balaban J connectivity index is 1.55. The van der Waals surface area contributed by atoms with Crippen molar-refractivity contribution in [3.05, 3.63) is 0 Å². The maximum absolute atomic E-state index is 13.5. The molecule has 2 amide bonds. The minimum absolute atomic E-state index is 0.229. The summed E-state index contributed by atoms with van der Waals surface area (Å²) in [7, 11) is 0. The van der Waals surface area contributed by atoms with Crippen molar-refractivity contribution in [2.75, 3.05) is 26.4 Å². The summed E-state index contributed by atoms with van der Waals surface area (Å²) >= 11 is 0. The van der Waals surface area contributed by atoms with E-state index in [1.54, 1.807) is 0 Å². The molecule has 3 aliphatic heterocycles. The van der Waals surface area contributed by atoms with Crippen LogP contribution in [0.1, 0.15) is 297 Å². The first-order valence-corrected chi connectivity index (χ1v) is 37.4. The standard InChI is InChI=1S/C71H134N2O21/c1-4-6-8-10-12-14-16-18-20-22-23-24-25-26-27-29-31-33-35-37-39-41-43-45-58(81)73-52(53(78)44-42-40-38-36-34-32-30-28-21-19-17-15-13-11-9-7-5-2)50-89-68-63(85)62(84)65(57(49-76)91-68)92-69-64(86)67(61(83)56(48-75)90-69)94-71(70(87)88)46-54(79)59(72-51(3)77)66(93-71)60(82)55(80)47-74/h52-57,59-69,74-76,78-80,82-86H,4-50H2,1-3H3,(H,72,77)(H,73,81)(H,87,88). The molecule has 3 aliphatic rings. The Morgan fingerprint density at radius 2 is 0.926 bits per heavy atom. The second kappa shape index (κ2) is 51.8. The average molecular weight is 1350 g/mol. The molecule has 23 nitrogen and oxygen atoms in total. The largest absolute Gasteiger partial charge is 0.477 e. The van der Waals surface area contributed by atoms with E-state index in [9.17, 15) is 75.7 Å². The van der Waals surface area contributed by atoms with Gasteiger partial charge in [-0.2, -0.15) is 0 Å². The van der Waals surface area contributed by atoms with E-state index in [1.165, 1.54) is 199 Å². The summed E-state index contributed by atoms with van der Waals surface area (Å²) in [6.45, 7) is 2.25. The van der Waals surface area contributed by atoms with E-state index in [1.807, 2.05) is 0 Å². The van der Waals surface area contributed by atoms with Gasteiger partial charge in [0.2, 0.25) is 11.8 Å². The Kier molecular flexibility index (Phi) is 47.4. The van der Waals surface area contributed by atoms with Gasteiger partial charge in [0, 0.05) is 19.8 Å². The van der Waals surface area contributed by atoms with Crippen LogP contribution in [0.2, 0.25) is 0 Å². The molecule has 0 aromatic carbocycles. The molecule has 554 valence electrons. The first-order valence-electron chi connectivity index (χ1n) is 37.4. The molecule has 0 aromatic rings. The Morgan fingerprint density at radius 3 is 1.33 bits per heavy atom. The van der Waals surface area contributed by atoms with Crippen molar-refractivity contribution in [2.24, 2.45) is 0 Å². The molecule has 0 aliphatic carbocycles. The monoisotopic (exact) mass is 1350 g/mol. The number of aliphatic hydroxyl groups is 11. The van der Waals surface area contributed by atoms with Gasteiger partial charge in [0.1, 0.15) is 67.1 Å². The van der Waals surface area contributed by atoms with Crippen LogP contribution in [-0.4, -0.2) is 215 Å². The summed E-state index contributed by atoms with van der Waals surface area (Å²) in [6, 6.07) is -2.52. The Bertz CT molecular complexity index is 1900. The van der Waals surface area contributed by atoms with Crippen molar-refractivity contribution in [3.63, 3.8) is 0 Å². The van der Waals surface area contributed by atoms with Gasteiger partial charge in [-0.15, -0.1) is 0 Å². The van der Waals surface area contributed by atoms with Gasteiger partial charge in [-0.05, 0) is 12.8 Å². The van der Waals surface area contributed by atoms with E-state index in [-0.39, 0.29) is 18.9 Å². The summed E-state index contributed by atoms with van der Waals surface area (Å²) in [5.41, 5.74) is 0. The number of rotatable bonds is 58. The zero-order valence-electron chi connectivity index (χ0n) is 58.1. The molecule has 0 bridgehead atoms. The van der Waals surface area contributed by atoms with E-state index in [0.717, 1.165) is 51.9 Å². The first kappa shape index (κ1) is 86.0. The van der Waals surface area contributed by atoms with Gasteiger partial charge in [0.15, 0.2) is 12.6 Å². The van der Waals surface area contributed by atoms with Gasteiger partial charge in [0.25, 0.3) is 5.79 Å². The molecule has 14 N–H and O–H groups in total. The first-order chi connectivity index (χ1) is 45.4. The molecule has 0 spiro atoms. The SMILES string of the molecule is CCCCCCCCCCCCCCCCCCCCCCCCCC(=O)NC(COC1OC(CO)C(OC2OC(CO)C(O)C(OC3(C(=O)O)CC(O)C(NC(C)=O)C(C(O)C(O)CO)O3)C2O)C(O)C1O)C(O)CCCCCCCCCCCCCCCCCCC. The lowest BCUT2D eigenvalue weighted by molar-refractivity contribution is -0.386. The molecule has 18 atom stereocenters. The zero-order valence-corrected chi connectivity index (χ0v) is 58.1. The maximum atomic E-state index is 13.5. The number of carbonyl (C=O) groups is 3. The lowest BCUT2D eigenvalue weighted by Crippen LogP contribution is -2.70. The third-order valence-corrected chi connectivity index (χ3v) is 19.3. The number of ether oxygens (including phenoxy) is 6. The van der Waals surface area contributed by atoms with Crippen LogP contribution in [0.25, 0.3) is 0 Å². The summed E-state index contributed by atoms with van der Waals surface area (Å²) in [4.78, 5) is 38.6. The summed E-state index contributed by atoms with van der Waals surface area (Å²) in [5.74, 6) is -6.09. The van der Waals surface area contributed by atoms with E-state index in [0.29, 0.717) is 19.3 Å². The lowest BCUT2D eigenvalue weighted by atomic mass is 9.88. The van der Waals surface area contributed by atoms with Gasteiger partial charge in [0.05, 0.1) is 50.7 Å². The van der Waals surface area contributed by atoms with Gasteiger partial charge in [-0.1, -0.05) is 264 Å². The van der Waals surface area contributed by atoms with Crippen LogP contribution in [0.4, 0.5) is 0 Å². The average Bonchev–Trinajstić information content (AvgIpc) is 0.762. The van der Waals surface area contributed by atoms with Crippen molar-refractivity contribution in [3.8, 4) is 0 Å². The summed E-state index contributed by atoms with van der Waals surface area (Å²) in [5, 5.41) is 136.